The number of hydrogen-bond acceptors (Lipinski definition) is 2. The molecule has 0 N–H and O–H groups in total. The summed E-state index contributed by atoms with van der Waals surface area (Å²) >= 11 is 0. The van der Waals surface area contributed by atoms with Crippen LogP contribution in [0.25, 0.3) is 0 Å². The topological polar surface area (TPSA) is 12.5 Å². The molecule has 0 amide bonds. The molecular weight excluding hydrogens is 234 g/mol. The molecule has 3 rings (SSSR count). The summed E-state index contributed by atoms with van der Waals surface area (Å²) in [5.41, 5.74) is 2.70. The van der Waals surface area contributed by atoms with Crippen LogP contribution in [0, 0.1) is 0 Å². The van der Waals surface area contributed by atoms with Crippen LogP contribution in [0.2, 0.25) is 0 Å². The van der Waals surface area contributed by atoms with E-state index in [2.05, 4.69) is 47.4 Å². The summed E-state index contributed by atoms with van der Waals surface area (Å²) in [5.74, 6) is 0.916. The Morgan fingerprint density at radius 2 is 1.74 bits per heavy atom. The van der Waals surface area contributed by atoms with Crippen molar-refractivity contribution in [2.24, 2.45) is 0 Å². The highest BCUT2D eigenvalue weighted by molar-refractivity contribution is 5.52. The van der Waals surface area contributed by atoms with Crippen LogP contribution in [0.3, 0.4) is 0 Å². The molecule has 98 valence electrons. The van der Waals surface area contributed by atoms with Crippen molar-refractivity contribution >= 4 is 5.69 Å². The van der Waals surface area contributed by atoms with Crippen LogP contribution in [0.4, 0.5) is 5.69 Å². The van der Waals surface area contributed by atoms with Gasteiger partial charge in [-0.05, 0) is 42.7 Å². The molecule has 1 heterocycles. The third-order valence-electron chi connectivity index (χ3n) is 3.84. The Morgan fingerprint density at radius 1 is 1.00 bits per heavy atom. The number of ether oxygens (including phenoxy) is 1. The first-order valence-corrected chi connectivity index (χ1v) is 6.84. The number of rotatable bonds is 3. The molecule has 1 fully saturated rings. The van der Waals surface area contributed by atoms with E-state index < -0.39 is 0 Å². The van der Waals surface area contributed by atoms with E-state index in [-0.39, 0.29) is 0 Å². The summed E-state index contributed by atoms with van der Waals surface area (Å²) in [5, 5.41) is 0. The fourth-order valence-corrected chi connectivity index (χ4v) is 2.87. The van der Waals surface area contributed by atoms with Crippen LogP contribution >= 0.6 is 0 Å². The highest BCUT2D eigenvalue weighted by atomic mass is 16.5. The van der Waals surface area contributed by atoms with Gasteiger partial charge in [0.1, 0.15) is 5.75 Å². The molecule has 19 heavy (non-hydrogen) atoms. The molecule has 0 aromatic heterocycles. The van der Waals surface area contributed by atoms with Crippen LogP contribution in [0.5, 0.6) is 5.75 Å². The van der Waals surface area contributed by atoms with E-state index in [1.165, 1.54) is 24.1 Å². The Labute approximate surface area is 114 Å². The van der Waals surface area contributed by atoms with E-state index in [0.29, 0.717) is 6.04 Å². The van der Waals surface area contributed by atoms with Gasteiger partial charge in [0.2, 0.25) is 0 Å². The maximum Gasteiger partial charge on any atom is 0.119 e. The molecule has 1 unspecified atom stereocenters. The first-order chi connectivity index (χ1) is 9.38. The standard InChI is InChI=1S/C17H19NO/c1-19-16-11-9-15(10-12-16)18-13-5-8-17(18)14-6-3-2-4-7-14/h2-4,6-7,9-12,17H,5,8,13H2,1H3. The molecule has 2 heteroatoms. The summed E-state index contributed by atoms with van der Waals surface area (Å²) in [4.78, 5) is 2.49. The van der Waals surface area contributed by atoms with Gasteiger partial charge >= 0.3 is 0 Å². The average molecular weight is 253 g/mol. The summed E-state index contributed by atoms with van der Waals surface area (Å²) < 4.78 is 5.22. The largest absolute Gasteiger partial charge is 0.497 e. The normalized spacial score (nSPS) is 18.6. The second-order valence-electron chi connectivity index (χ2n) is 4.96. The van der Waals surface area contributed by atoms with Crippen LogP contribution in [0.1, 0.15) is 24.4 Å². The zero-order chi connectivity index (χ0) is 13.1. The zero-order valence-corrected chi connectivity index (χ0v) is 11.3. The van der Waals surface area contributed by atoms with Crippen molar-refractivity contribution in [3.63, 3.8) is 0 Å². The fraction of sp³-hybridized carbons (Fsp3) is 0.294. The molecule has 0 bridgehead atoms. The molecule has 2 nitrogen and oxygen atoms in total. The van der Waals surface area contributed by atoms with E-state index >= 15 is 0 Å². The smallest absolute Gasteiger partial charge is 0.119 e. The number of hydrogen-bond donors (Lipinski definition) is 0. The van der Waals surface area contributed by atoms with Crippen molar-refractivity contribution in [3.8, 4) is 5.75 Å². The Hall–Kier alpha value is -1.96. The van der Waals surface area contributed by atoms with Gasteiger partial charge in [0.25, 0.3) is 0 Å². The second kappa shape index (κ2) is 5.35. The van der Waals surface area contributed by atoms with Gasteiger partial charge in [-0.25, -0.2) is 0 Å². The average Bonchev–Trinajstić information content (AvgIpc) is 2.98. The van der Waals surface area contributed by atoms with E-state index in [9.17, 15) is 0 Å². The van der Waals surface area contributed by atoms with E-state index in [4.69, 9.17) is 4.74 Å². The maximum atomic E-state index is 5.22. The number of benzene rings is 2. The molecule has 1 aliphatic rings. The van der Waals surface area contributed by atoms with Gasteiger partial charge in [-0.2, -0.15) is 0 Å². The highest BCUT2D eigenvalue weighted by Gasteiger charge is 2.25. The number of anilines is 1. The molecule has 1 atom stereocenters. The molecule has 0 spiro atoms. The molecule has 0 radical (unpaired) electrons. The minimum Gasteiger partial charge on any atom is -0.497 e. The molecule has 0 aliphatic carbocycles. The predicted octanol–water partition coefficient (Wildman–Crippen LogP) is 4.04. The summed E-state index contributed by atoms with van der Waals surface area (Å²) in [6.45, 7) is 1.13. The van der Waals surface area contributed by atoms with Crippen LogP contribution in [-0.2, 0) is 0 Å². The molecule has 2 aromatic rings. The first-order valence-electron chi connectivity index (χ1n) is 6.84. The minimum atomic E-state index is 0.509. The number of methoxy groups -OCH3 is 1. The Kier molecular flexibility index (Phi) is 3.41. The fourth-order valence-electron chi connectivity index (χ4n) is 2.87. The quantitative estimate of drug-likeness (QED) is 0.818. The maximum absolute atomic E-state index is 5.22. The van der Waals surface area contributed by atoms with Gasteiger partial charge in [-0.1, -0.05) is 30.3 Å². The first kappa shape index (κ1) is 12.1. The molecular formula is C17H19NO. The summed E-state index contributed by atoms with van der Waals surface area (Å²) in [6, 6.07) is 19.7. The van der Waals surface area contributed by atoms with Crippen molar-refractivity contribution < 1.29 is 4.74 Å². The van der Waals surface area contributed by atoms with Crippen LogP contribution in [0.15, 0.2) is 54.6 Å². The van der Waals surface area contributed by atoms with Crippen molar-refractivity contribution in [3.05, 3.63) is 60.2 Å². The third kappa shape index (κ3) is 2.43. The zero-order valence-electron chi connectivity index (χ0n) is 11.3. The third-order valence-corrected chi connectivity index (χ3v) is 3.84. The van der Waals surface area contributed by atoms with E-state index in [1.54, 1.807) is 7.11 Å². The lowest BCUT2D eigenvalue weighted by Crippen LogP contribution is -2.22. The minimum absolute atomic E-state index is 0.509. The van der Waals surface area contributed by atoms with Gasteiger partial charge in [0.05, 0.1) is 13.2 Å². The molecule has 0 saturated carbocycles. The molecule has 2 aromatic carbocycles. The highest BCUT2D eigenvalue weighted by Crippen LogP contribution is 2.36. The van der Waals surface area contributed by atoms with Gasteiger partial charge < -0.3 is 9.64 Å². The monoisotopic (exact) mass is 253 g/mol. The lowest BCUT2D eigenvalue weighted by molar-refractivity contribution is 0.415. The van der Waals surface area contributed by atoms with Crippen molar-refractivity contribution in [1.29, 1.82) is 0 Å². The van der Waals surface area contributed by atoms with Gasteiger partial charge in [0, 0.05) is 12.2 Å². The van der Waals surface area contributed by atoms with Crippen molar-refractivity contribution in [1.82, 2.24) is 0 Å². The lowest BCUT2D eigenvalue weighted by atomic mass is 10.0. The van der Waals surface area contributed by atoms with E-state index in [0.717, 1.165) is 12.3 Å². The van der Waals surface area contributed by atoms with Gasteiger partial charge in [-0.15, -0.1) is 0 Å². The van der Waals surface area contributed by atoms with Crippen LogP contribution in [-0.4, -0.2) is 13.7 Å². The van der Waals surface area contributed by atoms with Gasteiger partial charge in [-0.3, -0.25) is 0 Å². The molecule has 1 aliphatic heterocycles. The lowest BCUT2D eigenvalue weighted by Gasteiger charge is -2.27. The summed E-state index contributed by atoms with van der Waals surface area (Å²) in [6.07, 6.45) is 2.49. The van der Waals surface area contributed by atoms with Crippen LogP contribution < -0.4 is 9.64 Å². The number of nitrogens with zero attached hydrogens (tertiary/aromatic N) is 1. The van der Waals surface area contributed by atoms with E-state index in [1.807, 2.05) is 12.1 Å². The predicted molar refractivity (Wildman–Crippen MR) is 78.8 cm³/mol. The Bertz CT molecular complexity index is 521. The second-order valence-corrected chi connectivity index (χ2v) is 4.96. The van der Waals surface area contributed by atoms with Gasteiger partial charge in [0.15, 0.2) is 0 Å². The molecule has 1 saturated heterocycles. The summed E-state index contributed by atoms with van der Waals surface area (Å²) in [7, 11) is 1.71. The Balaban J connectivity index is 1.86. The van der Waals surface area contributed by atoms with Crippen molar-refractivity contribution in [2.75, 3.05) is 18.6 Å². The SMILES string of the molecule is COc1ccc(N2CCCC2c2ccccc2)cc1. The Morgan fingerprint density at radius 3 is 2.42 bits per heavy atom. The van der Waals surface area contributed by atoms with Crippen molar-refractivity contribution in [2.45, 2.75) is 18.9 Å².